The molecule has 0 fully saturated rings. The molecule has 20 heavy (non-hydrogen) atoms. The zero-order valence-electron chi connectivity index (χ0n) is 10.0. The summed E-state index contributed by atoms with van der Waals surface area (Å²) in [6.07, 6.45) is -2.29. The number of benzene rings is 1. The first-order valence-corrected chi connectivity index (χ1v) is 5.53. The van der Waals surface area contributed by atoms with Crippen LogP contribution in [-0.2, 0) is 6.18 Å². The van der Waals surface area contributed by atoms with Crippen LogP contribution < -0.4 is 5.43 Å². The van der Waals surface area contributed by atoms with Crippen molar-refractivity contribution in [3.8, 4) is 0 Å². The second-order valence-electron chi connectivity index (χ2n) is 3.85. The van der Waals surface area contributed by atoms with Crippen molar-refractivity contribution in [2.75, 3.05) is 5.43 Å². The normalized spacial score (nSPS) is 11.8. The molecule has 1 heterocycles. The SMILES string of the molecule is Fc1ccc(C=NNc2ccc(C(F)(F)F)cn2)cc1. The quantitative estimate of drug-likeness (QED) is 0.530. The van der Waals surface area contributed by atoms with Crippen LogP contribution in [0.15, 0.2) is 47.7 Å². The third-order valence-corrected chi connectivity index (χ3v) is 2.35. The summed E-state index contributed by atoms with van der Waals surface area (Å²) in [5.74, 6) is -0.184. The number of halogens is 4. The van der Waals surface area contributed by atoms with Crippen molar-refractivity contribution in [3.63, 3.8) is 0 Å². The van der Waals surface area contributed by atoms with Gasteiger partial charge in [-0.25, -0.2) is 9.37 Å². The van der Waals surface area contributed by atoms with Gasteiger partial charge in [0.1, 0.15) is 11.6 Å². The van der Waals surface area contributed by atoms with Gasteiger partial charge in [0.25, 0.3) is 0 Å². The molecular weight excluding hydrogens is 274 g/mol. The standard InChI is InChI=1S/C13H9F4N3/c14-11-4-1-9(2-5-11)7-19-20-12-6-3-10(8-18-12)13(15,16)17/h1-8H,(H,18,20). The number of aromatic nitrogens is 1. The molecule has 0 spiro atoms. The summed E-state index contributed by atoms with van der Waals surface area (Å²) in [7, 11) is 0. The fourth-order valence-electron chi connectivity index (χ4n) is 1.35. The number of hydrogen-bond acceptors (Lipinski definition) is 3. The number of pyridine rings is 1. The summed E-state index contributed by atoms with van der Waals surface area (Å²) >= 11 is 0. The molecule has 3 nitrogen and oxygen atoms in total. The smallest absolute Gasteiger partial charge is 0.261 e. The van der Waals surface area contributed by atoms with Crippen LogP contribution in [0.4, 0.5) is 23.4 Å². The predicted molar refractivity (Wildman–Crippen MR) is 66.9 cm³/mol. The van der Waals surface area contributed by atoms with E-state index < -0.39 is 11.7 Å². The van der Waals surface area contributed by atoms with Crippen LogP contribution in [0.3, 0.4) is 0 Å². The highest BCUT2D eigenvalue weighted by atomic mass is 19.4. The highest BCUT2D eigenvalue weighted by molar-refractivity contribution is 5.79. The van der Waals surface area contributed by atoms with Crippen molar-refractivity contribution in [2.45, 2.75) is 6.18 Å². The Kier molecular flexibility index (Phi) is 3.97. The number of rotatable bonds is 3. The molecule has 0 amide bonds. The van der Waals surface area contributed by atoms with Gasteiger partial charge in [0.15, 0.2) is 0 Å². The maximum absolute atomic E-state index is 12.6. The minimum atomic E-state index is -4.41. The van der Waals surface area contributed by atoms with E-state index in [2.05, 4.69) is 15.5 Å². The van der Waals surface area contributed by atoms with E-state index >= 15 is 0 Å². The molecule has 2 rings (SSSR count). The van der Waals surface area contributed by atoms with Crippen LogP contribution in [0.25, 0.3) is 0 Å². The molecule has 0 aliphatic heterocycles. The van der Waals surface area contributed by atoms with Crippen LogP contribution in [-0.4, -0.2) is 11.2 Å². The molecule has 0 saturated carbocycles. The molecule has 0 aliphatic rings. The Morgan fingerprint density at radius 2 is 1.75 bits per heavy atom. The molecule has 1 N–H and O–H groups in total. The monoisotopic (exact) mass is 283 g/mol. The number of nitrogens with one attached hydrogen (secondary N) is 1. The summed E-state index contributed by atoms with van der Waals surface area (Å²) in [6.45, 7) is 0. The largest absolute Gasteiger partial charge is 0.417 e. The molecule has 7 heteroatoms. The average molecular weight is 283 g/mol. The van der Waals surface area contributed by atoms with Crippen LogP contribution in [0.5, 0.6) is 0 Å². The first-order chi connectivity index (χ1) is 9.45. The number of alkyl halides is 3. The van der Waals surface area contributed by atoms with Gasteiger partial charge < -0.3 is 0 Å². The average Bonchev–Trinajstić information content (AvgIpc) is 2.41. The van der Waals surface area contributed by atoms with Gasteiger partial charge in [-0.2, -0.15) is 18.3 Å². The van der Waals surface area contributed by atoms with E-state index in [0.29, 0.717) is 5.56 Å². The molecule has 0 radical (unpaired) electrons. The Balaban J connectivity index is 1.99. The van der Waals surface area contributed by atoms with E-state index in [-0.39, 0.29) is 11.6 Å². The molecule has 0 atom stereocenters. The fraction of sp³-hybridized carbons (Fsp3) is 0.0769. The van der Waals surface area contributed by atoms with Crippen LogP contribution in [0, 0.1) is 5.82 Å². The van der Waals surface area contributed by atoms with E-state index in [4.69, 9.17) is 0 Å². The second kappa shape index (κ2) is 5.68. The van der Waals surface area contributed by atoms with Crippen LogP contribution >= 0.6 is 0 Å². The molecule has 0 aliphatic carbocycles. The number of hydrazone groups is 1. The molecule has 0 saturated heterocycles. The van der Waals surface area contributed by atoms with Gasteiger partial charge in [0.05, 0.1) is 11.8 Å². The lowest BCUT2D eigenvalue weighted by Crippen LogP contribution is -2.05. The Morgan fingerprint density at radius 1 is 1.05 bits per heavy atom. The van der Waals surface area contributed by atoms with Gasteiger partial charge in [0, 0.05) is 6.20 Å². The van der Waals surface area contributed by atoms with Crippen molar-refractivity contribution in [1.82, 2.24) is 4.98 Å². The number of hydrogen-bond donors (Lipinski definition) is 1. The fourth-order valence-corrected chi connectivity index (χ4v) is 1.35. The van der Waals surface area contributed by atoms with Gasteiger partial charge in [-0.15, -0.1) is 0 Å². The van der Waals surface area contributed by atoms with Gasteiger partial charge in [-0.05, 0) is 29.8 Å². The zero-order chi connectivity index (χ0) is 14.6. The highest BCUT2D eigenvalue weighted by Gasteiger charge is 2.30. The molecule has 104 valence electrons. The van der Waals surface area contributed by atoms with Crippen LogP contribution in [0.2, 0.25) is 0 Å². The summed E-state index contributed by atoms with van der Waals surface area (Å²) in [5, 5.41) is 3.79. The molecule has 1 aromatic heterocycles. The molecule has 0 unspecified atom stereocenters. The molecule has 1 aromatic carbocycles. The Hall–Kier alpha value is -2.44. The summed E-state index contributed by atoms with van der Waals surface area (Å²) < 4.78 is 49.6. The minimum absolute atomic E-state index is 0.177. The number of anilines is 1. The van der Waals surface area contributed by atoms with E-state index in [9.17, 15) is 17.6 Å². The van der Waals surface area contributed by atoms with Crippen molar-refractivity contribution in [3.05, 3.63) is 59.5 Å². The van der Waals surface area contributed by atoms with Crippen molar-refractivity contribution < 1.29 is 17.6 Å². The lowest BCUT2D eigenvalue weighted by molar-refractivity contribution is -0.137. The third-order valence-electron chi connectivity index (χ3n) is 2.35. The predicted octanol–water partition coefficient (Wildman–Crippen LogP) is 3.69. The van der Waals surface area contributed by atoms with Gasteiger partial charge >= 0.3 is 6.18 Å². The Morgan fingerprint density at radius 3 is 2.30 bits per heavy atom. The summed E-state index contributed by atoms with van der Waals surface area (Å²) in [6, 6.07) is 7.66. The third kappa shape index (κ3) is 3.78. The van der Waals surface area contributed by atoms with Crippen LogP contribution in [0.1, 0.15) is 11.1 Å². The maximum Gasteiger partial charge on any atom is 0.417 e. The first-order valence-electron chi connectivity index (χ1n) is 5.53. The summed E-state index contributed by atoms with van der Waals surface area (Å²) in [5.41, 5.74) is 2.30. The van der Waals surface area contributed by atoms with Gasteiger partial charge in [-0.1, -0.05) is 12.1 Å². The number of nitrogens with zero attached hydrogens (tertiary/aromatic N) is 2. The molecular formula is C13H9F4N3. The Bertz CT molecular complexity index is 589. The van der Waals surface area contributed by atoms with E-state index in [0.717, 1.165) is 12.3 Å². The van der Waals surface area contributed by atoms with Gasteiger partial charge in [0.2, 0.25) is 0 Å². The zero-order valence-corrected chi connectivity index (χ0v) is 10.0. The highest BCUT2D eigenvalue weighted by Crippen LogP contribution is 2.28. The van der Waals surface area contributed by atoms with E-state index in [1.165, 1.54) is 36.5 Å². The van der Waals surface area contributed by atoms with Crippen molar-refractivity contribution in [2.24, 2.45) is 5.10 Å². The second-order valence-corrected chi connectivity index (χ2v) is 3.85. The van der Waals surface area contributed by atoms with E-state index in [1.807, 2.05) is 0 Å². The Labute approximate surface area is 112 Å². The molecule has 2 aromatic rings. The minimum Gasteiger partial charge on any atom is -0.261 e. The van der Waals surface area contributed by atoms with Crippen molar-refractivity contribution >= 4 is 12.0 Å². The van der Waals surface area contributed by atoms with Gasteiger partial charge in [-0.3, -0.25) is 5.43 Å². The first kappa shape index (κ1) is 14.0. The summed E-state index contributed by atoms with van der Waals surface area (Å²) in [4.78, 5) is 3.59. The molecule has 0 bridgehead atoms. The lowest BCUT2D eigenvalue weighted by Gasteiger charge is -2.06. The van der Waals surface area contributed by atoms with E-state index in [1.54, 1.807) is 0 Å². The lowest BCUT2D eigenvalue weighted by atomic mass is 10.2. The topological polar surface area (TPSA) is 37.3 Å². The maximum atomic E-state index is 12.6. The van der Waals surface area contributed by atoms with Crippen molar-refractivity contribution in [1.29, 1.82) is 0 Å².